The second-order valence-corrected chi connectivity index (χ2v) is 9.80. The molecule has 0 aliphatic rings. The van der Waals surface area contributed by atoms with Crippen LogP contribution in [0.15, 0.2) is 168 Å². The highest BCUT2D eigenvalue weighted by atomic mass is 16.3. The lowest BCUT2D eigenvalue weighted by Crippen LogP contribution is -2.09. The molecule has 0 saturated carbocycles. The average Bonchev–Trinajstić information content (AvgIpc) is 3.43. The Bertz CT molecular complexity index is 1830. The van der Waals surface area contributed by atoms with Gasteiger partial charge in [0, 0.05) is 33.6 Å². The van der Waals surface area contributed by atoms with Gasteiger partial charge in [-0.2, -0.15) is 0 Å². The van der Waals surface area contributed by atoms with E-state index in [1.807, 2.05) is 30.3 Å². The van der Waals surface area contributed by atoms with Crippen molar-refractivity contribution in [3.63, 3.8) is 0 Å². The molecule has 0 N–H and O–H groups in total. The maximum Gasteiger partial charge on any atom is 0.143 e. The molecule has 0 aliphatic heterocycles. The minimum atomic E-state index is 0.894. The Balaban J connectivity index is 1.28. The average molecular weight is 514 g/mol. The first-order valence-corrected chi connectivity index (χ1v) is 13.5. The Morgan fingerprint density at radius 3 is 1.57 bits per heavy atom. The van der Waals surface area contributed by atoms with Crippen LogP contribution in [-0.2, 0) is 0 Å². The molecule has 0 fully saturated rings. The van der Waals surface area contributed by atoms with Gasteiger partial charge in [0.25, 0.3) is 0 Å². The molecule has 0 amide bonds. The SMILES string of the molecule is c1ccc(-c2c(-c3cccc(-c4ccc(N(c5ccccc5)c5ccccc5)cc4)c3)oc3ccccc23)cc1. The van der Waals surface area contributed by atoms with Gasteiger partial charge in [0.15, 0.2) is 0 Å². The highest BCUT2D eigenvalue weighted by molar-refractivity contribution is 6.02. The van der Waals surface area contributed by atoms with E-state index in [1.165, 1.54) is 0 Å². The second kappa shape index (κ2) is 10.4. The van der Waals surface area contributed by atoms with Crippen LogP contribution in [0.5, 0.6) is 0 Å². The lowest BCUT2D eigenvalue weighted by Gasteiger charge is -2.25. The second-order valence-electron chi connectivity index (χ2n) is 9.80. The molecule has 0 spiro atoms. The third-order valence-electron chi connectivity index (χ3n) is 7.27. The van der Waals surface area contributed by atoms with Crippen molar-refractivity contribution >= 4 is 28.0 Å². The number of hydrogen-bond acceptors (Lipinski definition) is 2. The van der Waals surface area contributed by atoms with Crippen LogP contribution in [0, 0.1) is 0 Å². The van der Waals surface area contributed by atoms with Gasteiger partial charge in [-0.15, -0.1) is 0 Å². The maximum absolute atomic E-state index is 6.47. The van der Waals surface area contributed by atoms with Gasteiger partial charge >= 0.3 is 0 Å². The summed E-state index contributed by atoms with van der Waals surface area (Å²) in [6, 6.07) is 57.2. The van der Waals surface area contributed by atoms with Crippen LogP contribution in [0.2, 0.25) is 0 Å². The molecule has 1 heterocycles. The minimum absolute atomic E-state index is 0.894. The highest BCUT2D eigenvalue weighted by Gasteiger charge is 2.18. The number of hydrogen-bond donors (Lipinski definition) is 0. The van der Waals surface area contributed by atoms with Gasteiger partial charge in [0.2, 0.25) is 0 Å². The third kappa shape index (κ3) is 4.46. The topological polar surface area (TPSA) is 16.4 Å². The smallest absolute Gasteiger partial charge is 0.143 e. The fraction of sp³-hybridized carbons (Fsp3) is 0. The first kappa shape index (κ1) is 23.8. The molecular formula is C38H27NO. The van der Waals surface area contributed by atoms with Crippen molar-refractivity contribution in [2.45, 2.75) is 0 Å². The molecular weight excluding hydrogens is 486 g/mol. The zero-order valence-corrected chi connectivity index (χ0v) is 21.9. The molecule has 0 bridgehead atoms. The summed E-state index contributed by atoms with van der Waals surface area (Å²) in [7, 11) is 0. The van der Waals surface area contributed by atoms with E-state index in [0.717, 1.165) is 61.6 Å². The fourth-order valence-electron chi connectivity index (χ4n) is 5.38. The number of nitrogens with zero attached hydrogens (tertiary/aromatic N) is 1. The molecule has 1 aromatic heterocycles. The predicted molar refractivity (Wildman–Crippen MR) is 167 cm³/mol. The number of benzene rings is 6. The Kier molecular flexibility index (Phi) is 6.20. The number of furan rings is 1. The van der Waals surface area contributed by atoms with Gasteiger partial charge in [0.05, 0.1) is 0 Å². The molecule has 0 radical (unpaired) electrons. The van der Waals surface area contributed by atoms with E-state index in [4.69, 9.17) is 4.42 Å². The van der Waals surface area contributed by atoms with Crippen molar-refractivity contribution in [3.8, 4) is 33.6 Å². The Morgan fingerprint density at radius 1 is 0.375 bits per heavy atom. The molecule has 0 aliphatic carbocycles. The largest absolute Gasteiger partial charge is 0.455 e. The van der Waals surface area contributed by atoms with Gasteiger partial charge in [0.1, 0.15) is 11.3 Å². The molecule has 0 atom stereocenters. The monoisotopic (exact) mass is 513 g/mol. The van der Waals surface area contributed by atoms with E-state index in [2.05, 4.69) is 138 Å². The lowest BCUT2D eigenvalue weighted by molar-refractivity contribution is 0.632. The van der Waals surface area contributed by atoms with Crippen molar-refractivity contribution in [1.29, 1.82) is 0 Å². The number of fused-ring (bicyclic) bond motifs is 1. The summed E-state index contributed by atoms with van der Waals surface area (Å²) in [4.78, 5) is 2.28. The highest BCUT2D eigenvalue weighted by Crippen LogP contribution is 2.42. The molecule has 40 heavy (non-hydrogen) atoms. The minimum Gasteiger partial charge on any atom is -0.455 e. The third-order valence-corrected chi connectivity index (χ3v) is 7.27. The van der Waals surface area contributed by atoms with Crippen LogP contribution in [0.3, 0.4) is 0 Å². The van der Waals surface area contributed by atoms with Crippen LogP contribution < -0.4 is 4.90 Å². The fourth-order valence-corrected chi connectivity index (χ4v) is 5.38. The molecule has 7 aromatic rings. The van der Waals surface area contributed by atoms with E-state index in [-0.39, 0.29) is 0 Å². The number of para-hydroxylation sites is 3. The lowest BCUT2D eigenvalue weighted by atomic mass is 9.96. The summed E-state index contributed by atoms with van der Waals surface area (Å²) in [6.45, 7) is 0. The van der Waals surface area contributed by atoms with E-state index in [1.54, 1.807) is 0 Å². The van der Waals surface area contributed by atoms with Gasteiger partial charge in [-0.3, -0.25) is 0 Å². The standard InChI is InChI=1S/C38H27NO/c1-4-13-29(14-5-1)37-35-21-10-11-22-36(35)40-38(37)31-16-12-15-30(27-31)28-23-25-34(26-24-28)39(32-17-6-2-7-18-32)33-19-8-3-9-20-33/h1-27H. The molecule has 0 saturated heterocycles. The zero-order valence-electron chi connectivity index (χ0n) is 21.9. The number of rotatable bonds is 6. The van der Waals surface area contributed by atoms with Crippen molar-refractivity contribution in [3.05, 3.63) is 164 Å². The summed E-state index contributed by atoms with van der Waals surface area (Å²) >= 11 is 0. The Hall–Kier alpha value is -5.34. The van der Waals surface area contributed by atoms with Crippen LogP contribution >= 0.6 is 0 Å². The van der Waals surface area contributed by atoms with E-state index >= 15 is 0 Å². The van der Waals surface area contributed by atoms with Crippen molar-refractivity contribution < 1.29 is 4.42 Å². The van der Waals surface area contributed by atoms with Crippen molar-refractivity contribution in [2.75, 3.05) is 4.90 Å². The van der Waals surface area contributed by atoms with Gasteiger partial charge < -0.3 is 9.32 Å². The Morgan fingerprint density at radius 2 is 0.900 bits per heavy atom. The first-order chi connectivity index (χ1) is 19.8. The molecule has 2 nitrogen and oxygen atoms in total. The Labute approximate surface area is 234 Å². The van der Waals surface area contributed by atoms with Crippen LogP contribution in [0.1, 0.15) is 0 Å². The molecule has 0 unspecified atom stereocenters. The predicted octanol–water partition coefficient (Wildman–Crippen LogP) is 10.9. The molecule has 7 rings (SSSR count). The molecule has 2 heteroatoms. The summed E-state index contributed by atoms with van der Waals surface area (Å²) in [5.74, 6) is 0.894. The normalized spacial score (nSPS) is 11.0. The number of anilines is 3. The van der Waals surface area contributed by atoms with E-state index in [0.29, 0.717) is 0 Å². The maximum atomic E-state index is 6.47. The summed E-state index contributed by atoms with van der Waals surface area (Å²) in [5.41, 5.74) is 9.91. The van der Waals surface area contributed by atoms with Crippen molar-refractivity contribution in [1.82, 2.24) is 0 Å². The van der Waals surface area contributed by atoms with Crippen molar-refractivity contribution in [2.24, 2.45) is 0 Å². The first-order valence-electron chi connectivity index (χ1n) is 13.5. The summed E-state index contributed by atoms with van der Waals surface area (Å²) in [5, 5.41) is 1.13. The van der Waals surface area contributed by atoms with Crippen LogP contribution in [-0.4, -0.2) is 0 Å². The van der Waals surface area contributed by atoms with Crippen LogP contribution in [0.4, 0.5) is 17.1 Å². The molecule has 6 aromatic carbocycles. The quantitative estimate of drug-likeness (QED) is 0.220. The van der Waals surface area contributed by atoms with Gasteiger partial charge in [-0.05, 0) is 65.2 Å². The van der Waals surface area contributed by atoms with Gasteiger partial charge in [-0.1, -0.05) is 115 Å². The summed E-state index contributed by atoms with van der Waals surface area (Å²) in [6.07, 6.45) is 0. The van der Waals surface area contributed by atoms with E-state index < -0.39 is 0 Å². The van der Waals surface area contributed by atoms with E-state index in [9.17, 15) is 0 Å². The van der Waals surface area contributed by atoms with Crippen LogP contribution in [0.25, 0.3) is 44.5 Å². The molecule has 190 valence electrons. The zero-order chi connectivity index (χ0) is 26.7. The van der Waals surface area contributed by atoms with Gasteiger partial charge in [-0.25, -0.2) is 0 Å². The summed E-state index contributed by atoms with van der Waals surface area (Å²) < 4.78 is 6.47.